The number of nitrogen functional groups attached to an aromatic ring is 1. The van der Waals surface area contributed by atoms with Crippen LogP contribution in [0.4, 0.5) is 5.69 Å². The summed E-state index contributed by atoms with van der Waals surface area (Å²) < 4.78 is 6.36. The molecule has 98 valence electrons. The van der Waals surface area contributed by atoms with Gasteiger partial charge in [0.25, 0.3) is 5.91 Å². The smallest absolute Gasteiger partial charge is 0.254 e. The molecule has 6 heteroatoms. The molecule has 2 aromatic rings. The second-order valence-electron chi connectivity index (χ2n) is 4.02. The predicted octanol–water partition coefficient (Wildman–Crippen LogP) is 2.63. The van der Waals surface area contributed by atoms with Gasteiger partial charge in [0, 0.05) is 0 Å². The van der Waals surface area contributed by atoms with Crippen LogP contribution in [0.5, 0.6) is 11.6 Å². The van der Waals surface area contributed by atoms with Crippen LogP contribution >= 0.6 is 15.9 Å². The predicted molar refractivity (Wildman–Crippen MR) is 76.1 cm³/mol. The lowest BCUT2D eigenvalue weighted by Gasteiger charge is -2.10. The first-order chi connectivity index (χ1) is 8.97. The van der Waals surface area contributed by atoms with Gasteiger partial charge in [-0.25, -0.2) is 4.98 Å². The summed E-state index contributed by atoms with van der Waals surface area (Å²) in [5.41, 5.74) is 12.4. The van der Waals surface area contributed by atoms with E-state index in [1.54, 1.807) is 6.07 Å². The Morgan fingerprint density at radius 2 is 2.11 bits per heavy atom. The summed E-state index contributed by atoms with van der Waals surface area (Å²) in [5, 5.41) is 0. The Morgan fingerprint density at radius 1 is 1.37 bits per heavy atom. The van der Waals surface area contributed by atoms with E-state index in [4.69, 9.17) is 16.2 Å². The molecule has 4 N–H and O–H groups in total. The van der Waals surface area contributed by atoms with Gasteiger partial charge in [0.1, 0.15) is 11.3 Å². The Labute approximate surface area is 118 Å². The number of primary amides is 1. The summed E-state index contributed by atoms with van der Waals surface area (Å²) in [7, 11) is 0. The van der Waals surface area contributed by atoms with Crippen LogP contribution in [-0.4, -0.2) is 10.9 Å². The molecule has 0 bridgehead atoms. The third-order valence-electron chi connectivity index (χ3n) is 2.43. The number of nitrogens with two attached hydrogens (primary N) is 2. The highest BCUT2D eigenvalue weighted by Crippen LogP contribution is 2.31. The van der Waals surface area contributed by atoms with Crippen molar-refractivity contribution in [3.8, 4) is 11.6 Å². The van der Waals surface area contributed by atoms with Crippen LogP contribution in [-0.2, 0) is 0 Å². The number of benzene rings is 1. The fourth-order valence-electron chi connectivity index (χ4n) is 1.52. The van der Waals surface area contributed by atoms with Crippen molar-refractivity contribution in [2.45, 2.75) is 6.92 Å². The second kappa shape index (κ2) is 5.27. The summed E-state index contributed by atoms with van der Waals surface area (Å²) in [6.07, 6.45) is 1.41. The summed E-state index contributed by atoms with van der Waals surface area (Å²) >= 11 is 3.39. The third-order valence-corrected chi connectivity index (χ3v) is 3.05. The van der Waals surface area contributed by atoms with Gasteiger partial charge in [0.15, 0.2) is 0 Å². The average Bonchev–Trinajstić information content (AvgIpc) is 2.34. The van der Waals surface area contributed by atoms with Gasteiger partial charge in [-0.3, -0.25) is 4.79 Å². The molecular formula is C13H12BrN3O2. The number of carbonyl (C=O) groups is 1. The SMILES string of the molecule is Cc1ccc(Oc2ncc(N)cc2C(N)=O)c(Br)c1. The molecule has 0 radical (unpaired) electrons. The molecular weight excluding hydrogens is 310 g/mol. The van der Waals surface area contributed by atoms with Crippen molar-refractivity contribution in [3.63, 3.8) is 0 Å². The molecule has 2 rings (SSSR count). The molecule has 1 aromatic carbocycles. The van der Waals surface area contributed by atoms with Crippen molar-refractivity contribution in [2.75, 3.05) is 5.73 Å². The number of halogens is 1. The number of hydrogen-bond acceptors (Lipinski definition) is 4. The maximum absolute atomic E-state index is 11.3. The van der Waals surface area contributed by atoms with Gasteiger partial charge in [-0.2, -0.15) is 0 Å². The lowest BCUT2D eigenvalue weighted by atomic mass is 10.2. The summed E-state index contributed by atoms with van der Waals surface area (Å²) in [5.74, 6) is 0.0367. The Bertz CT molecular complexity index is 644. The van der Waals surface area contributed by atoms with E-state index in [-0.39, 0.29) is 11.4 Å². The maximum Gasteiger partial charge on any atom is 0.254 e. The maximum atomic E-state index is 11.3. The van der Waals surface area contributed by atoms with Crippen LogP contribution in [0.3, 0.4) is 0 Å². The fraction of sp³-hybridized carbons (Fsp3) is 0.0769. The van der Waals surface area contributed by atoms with E-state index >= 15 is 0 Å². The van der Waals surface area contributed by atoms with E-state index in [9.17, 15) is 4.79 Å². The van der Waals surface area contributed by atoms with Crippen LogP contribution < -0.4 is 16.2 Å². The first kappa shape index (κ1) is 13.4. The lowest BCUT2D eigenvalue weighted by Crippen LogP contribution is -2.13. The molecule has 0 spiro atoms. The van der Waals surface area contributed by atoms with Crippen LogP contribution in [0.1, 0.15) is 15.9 Å². The Hall–Kier alpha value is -2.08. The third kappa shape index (κ3) is 3.03. The minimum atomic E-state index is -0.641. The van der Waals surface area contributed by atoms with Crippen LogP contribution in [0.15, 0.2) is 34.9 Å². The van der Waals surface area contributed by atoms with Crippen molar-refractivity contribution < 1.29 is 9.53 Å². The number of carbonyl (C=O) groups excluding carboxylic acids is 1. The summed E-state index contributed by atoms with van der Waals surface area (Å²) in [6, 6.07) is 7.01. The van der Waals surface area contributed by atoms with E-state index in [2.05, 4.69) is 20.9 Å². The van der Waals surface area contributed by atoms with Crippen LogP contribution in [0.25, 0.3) is 0 Å². The molecule has 0 unspecified atom stereocenters. The number of nitrogens with zero attached hydrogens (tertiary/aromatic N) is 1. The Kier molecular flexibility index (Phi) is 3.71. The van der Waals surface area contributed by atoms with E-state index < -0.39 is 5.91 Å². The monoisotopic (exact) mass is 321 g/mol. The van der Waals surface area contributed by atoms with Crippen LogP contribution in [0.2, 0.25) is 0 Å². The zero-order valence-corrected chi connectivity index (χ0v) is 11.8. The molecule has 0 fully saturated rings. The number of aromatic nitrogens is 1. The first-order valence-corrected chi connectivity index (χ1v) is 6.26. The quantitative estimate of drug-likeness (QED) is 0.909. The van der Waals surface area contributed by atoms with Crippen molar-refractivity contribution in [1.82, 2.24) is 4.98 Å². The molecule has 0 aliphatic carbocycles. The molecule has 1 aromatic heterocycles. The lowest BCUT2D eigenvalue weighted by molar-refractivity contribution is 0.0997. The molecule has 1 amide bonds. The molecule has 5 nitrogen and oxygen atoms in total. The molecule has 0 aliphatic heterocycles. The number of hydrogen-bond donors (Lipinski definition) is 2. The van der Waals surface area contributed by atoms with Crippen molar-refractivity contribution in [3.05, 3.63) is 46.1 Å². The highest BCUT2D eigenvalue weighted by Gasteiger charge is 2.13. The Balaban J connectivity index is 2.40. The summed E-state index contributed by atoms with van der Waals surface area (Å²) in [6.45, 7) is 1.96. The van der Waals surface area contributed by atoms with Gasteiger partial charge < -0.3 is 16.2 Å². The fourth-order valence-corrected chi connectivity index (χ4v) is 2.09. The van der Waals surface area contributed by atoms with Gasteiger partial charge in [-0.1, -0.05) is 6.07 Å². The molecule has 0 atom stereocenters. The minimum Gasteiger partial charge on any atom is -0.437 e. The van der Waals surface area contributed by atoms with E-state index in [0.717, 1.165) is 10.0 Å². The highest BCUT2D eigenvalue weighted by molar-refractivity contribution is 9.10. The number of ether oxygens (including phenoxy) is 1. The number of anilines is 1. The van der Waals surface area contributed by atoms with Gasteiger partial charge in [0.05, 0.1) is 16.4 Å². The number of pyridine rings is 1. The van der Waals surface area contributed by atoms with E-state index in [1.165, 1.54) is 12.3 Å². The van der Waals surface area contributed by atoms with Gasteiger partial charge >= 0.3 is 0 Å². The average molecular weight is 322 g/mol. The van der Waals surface area contributed by atoms with Crippen molar-refractivity contribution in [1.29, 1.82) is 0 Å². The largest absolute Gasteiger partial charge is 0.437 e. The van der Waals surface area contributed by atoms with Gasteiger partial charge in [-0.15, -0.1) is 0 Å². The second-order valence-corrected chi connectivity index (χ2v) is 4.88. The Morgan fingerprint density at radius 3 is 2.74 bits per heavy atom. The number of aryl methyl sites for hydroxylation is 1. The topological polar surface area (TPSA) is 91.2 Å². The van der Waals surface area contributed by atoms with Crippen molar-refractivity contribution >= 4 is 27.5 Å². The standard InChI is InChI=1S/C13H12BrN3O2/c1-7-2-3-11(10(14)4-7)19-13-9(12(16)18)5-8(15)6-17-13/h2-6H,15H2,1H3,(H2,16,18). The zero-order valence-electron chi connectivity index (χ0n) is 10.2. The molecule has 0 saturated heterocycles. The van der Waals surface area contributed by atoms with Crippen molar-refractivity contribution in [2.24, 2.45) is 5.73 Å². The molecule has 0 saturated carbocycles. The zero-order chi connectivity index (χ0) is 14.0. The minimum absolute atomic E-state index is 0.131. The normalized spacial score (nSPS) is 10.2. The highest BCUT2D eigenvalue weighted by atomic mass is 79.9. The van der Waals surface area contributed by atoms with E-state index in [1.807, 2.05) is 19.1 Å². The first-order valence-electron chi connectivity index (χ1n) is 5.46. The number of amides is 1. The molecule has 19 heavy (non-hydrogen) atoms. The van der Waals surface area contributed by atoms with Crippen LogP contribution in [0, 0.1) is 6.92 Å². The molecule has 1 heterocycles. The van der Waals surface area contributed by atoms with Gasteiger partial charge in [0.2, 0.25) is 5.88 Å². The van der Waals surface area contributed by atoms with E-state index in [0.29, 0.717) is 11.4 Å². The van der Waals surface area contributed by atoms with Gasteiger partial charge in [-0.05, 0) is 46.6 Å². The number of rotatable bonds is 3. The molecule has 0 aliphatic rings. The summed E-state index contributed by atoms with van der Waals surface area (Å²) in [4.78, 5) is 15.3.